The molecule has 0 aliphatic heterocycles. The minimum absolute atomic E-state index is 0.0648. The monoisotopic (exact) mass is 166 g/mol. The van der Waals surface area contributed by atoms with E-state index in [9.17, 15) is 0 Å². The van der Waals surface area contributed by atoms with Crippen LogP contribution in [0.3, 0.4) is 0 Å². The molecule has 11 heavy (non-hydrogen) atoms. The maximum atomic E-state index is 7.94. The van der Waals surface area contributed by atoms with Gasteiger partial charge in [-0.15, -0.1) is 0 Å². The molecule has 0 heterocycles. The number of ether oxygens (including phenoxy) is 3. The first-order chi connectivity index (χ1) is 5.22. The first-order valence-corrected chi connectivity index (χ1v) is 3.38. The van der Waals surface area contributed by atoms with Gasteiger partial charge < -0.3 is 19.3 Å². The Labute approximate surface area is 68.1 Å². The predicted molar refractivity (Wildman–Crippen MR) is 42.4 cm³/mol. The Bertz CT molecular complexity index is 52.4. The lowest BCUT2D eigenvalue weighted by atomic mass is 10.8. The lowest BCUT2D eigenvalue weighted by Crippen LogP contribution is -2.05. The summed E-state index contributed by atoms with van der Waals surface area (Å²) in [6, 6.07) is 0. The molecule has 0 bridgehead atoms. The van der Waals surface area contributed by atoms with Crippen LogP contribution in [0.25, 0.3) is 0 Å². The second-order valence-corrected chi connectivity index (χ2v) is 1.76. The average Bonchev–Trinajstić information content (AvgIpc) is 2.06. The lowest BCUT2D eigenvalue weighted by molar-refractivity contribution is -0.0877. The van der Waals surface area contributed by atoms with Crippen molar-refractivity contribution in [2.45, 2.75) is 13.2 Å². The molecule has 0 radical (unpaired) electrons. The number of aliphatic hydroxyl groups is 1. The topological polar surface area (TPSA) is 47.9 Å². The summed E-state index contributed by atoms with van der Waals surface area (Å²) in [4.78, 5) is 0. The fraction of sp³-hybridized carbons (Fsp3) is 1.00. The van der Waals surface area contributed by atoms with Crippen molar-refractivity contribution in [2.24, 2.45) is 0 Å². The van der Waals surface area contributed by atoms with E-state index in [0.29, 0.717) is 6.61 Å². The molecule has 0 saturated heterocycles. The fourth-order valence-electron chi connectivity index (χ4n) is 0.188. The molecule has 4 nitrogen and oxygen atoms in total. The van der Waals surface area contributed by atoms with Gasteiger partial charge in [-0.25, -0.2) is 0 Å². The minimum Gasteiger partial charge on any atom is -0.394 e. The highest BCUT2D eigenvalue weighted by molar-refractivity contribution is 4.17. The summed E-state index contributed by atoms with van der Waals surface area (Å²) in [5, 5.41) is 7.94. The van der Waals surface area contributed by atoms with E-state index in [-0.39, 0.29) is 12.9 Å². The van der Waals surface area contributed by atoms with Gasteiger partial charge in [-0.3, -0.25) is 0 Å². The van der Waals surface area contributed by atoms with E-state index in [0.717, 1.165) is 0 Å². The van der Waals surface area contributed by atoms with Crippen LogP contribution in [-0.2, 0) is 14.2 Å². The number of rotatable bonds is 4. The molecule has 0 fully saturated rings. The third kappa shape index (κ3) is 17.7. The maximum Gasteiger partial charge on any atom is 0.154 e. The zero-order valence-electron chi connectivity index (χ0n) is 7.66. The SMILES string of the molecule is COC(C)OC.COCCO. The Kier molecular flexibility index (Phi) is 15.3. The summed E-state index contributed by atoms with van der Waals surface area (Å²) >= 11 is 0. The molecule has 4 heteroatoms. The van der Waals surface area contributed by atoms with Crippen molar-refractivity contribution in [3.05, 3.63) is 0 Å². The minimum atomic E-state index is -0.0648. The summed E-state index contributed by atoms with van der Waals surface area (Å²) in [5.74, 6) is 0. The number of hydrogen-bond acceptors (Lipinski definition) is 4. The highest BCUT2D eigenvalue weighted by Gasteiger charge is 1.87. The molecule has 0 unspecified atom stereocenters. The van der Waals surface area contributed by atoms with Gasteiger partial charge in [0.25, 0.3) is 0 Å². The number of aliphatic hydroxyl groups excluding tert-OH is 1. The van der Waals surface area contributed by atoms with Gasteiger partial charge in [0.2, 0.25) is 0 Å². The molecule has 0 amide bonds. The fourth-order valence-corrected chi connectivity index (χ4v) is 0.188. The van der Waals surface area contributed by atoms with Gasteiger partial charge in [-0.1, -0.05) is 0 Å². The van der Waals surface area contributed by atoms with Crippen LogP contribution in [0.15, 0.2) is 0 Å². The van der Waals surface area contributed by atoms with Crippen molar-refractivity contribution in [3.63, 3.8) is 0 Å². The smallest absolute Gasteiger partial charge is 0.154 e. The quantitative estimate of drug-likeness (QED) is 0.608. The van der Waals surface area contributed by atoms with Gasteiger partial charge in [0, 0.05) is 21.3 Å². The van der Waals surface area contributed by atoms with Gasteiger partial charge in [0.15, 0.2) is 6.29 Å². The third-order valence-electron chi connectivity index (χ3n) is 0.959. The van der Waals surface area contributed by atoms with Crippen LogP contribution in [0.4, 0.5) is 0 Å². The first-order valence-electron chi connectivity index (χ1n) is 3.38. The summed E-state index contributed by atoms with van der Waals surface area (Å²) < 4.78 is 13.8. The normalized spacial score (nSPS) is 9.27. The zero-order chi connectivity index (χ0) is 9.11. The molecule has 0 saturated carbocycles. The van der Waals surface area contributed by atoms with Crippen molar-refractivity contribution >= 4 is 0 Å². The molecule has 0 atom stereocenters. The Morgan fingerprint density at radius 1 is 1.18 bits per heavy atom. The van der Waals surface area contributed by atoms with E-state index in [1.54, 1.807) is 21.3 Å². The molecule has 0 aromatic heterocycles. The van der Waals surface area contributed by atoms with Gasteiger partial charge in [-0.2, -0.15) is 0 Å². The average molecular weight is 166 g/mol. The lowest BCUT2D eigenvalue weighted by Gasteiger charge is -2.03. The van der Waals surface area contributed by atoms with Crippen LogP contribution in [0.1, 0.15) is 6.92 Å². The Morgan fingerprint density at radius 2 is 1.64 bits per heavy atom. The van der Waals surface area contributed by atoms with E-state index in [1.165, 1.54) is 0 Å². The van der Waals surface area contributed by atoms with Gasteiger partial charge in [0.1, 0.15) is 0 Å². The summed E-state index contributed by atoms with van der Waals surface area (Å²) in [6.45, 7) is 2.40. The molecular formula is C7H18O4. The van der Waals surface area contributed by atoms with Gasteiger partial charge >= 0.3 is 0 Å². The number of methoxy groups -OCH3 is 3. The molecule has 0 aliphatic carbocycles. The summed E-state index contributed by atoms with van der Waals surface area (Å²) in [7, 11) is 4.76. The standard InChI is InChI=1S/C4H10O2.C3H8O2/c1-4(5-2)6-3;1-5-3-2-4/h4H,1-3H3;4H,2-3H2,1H3. The van der Waals surface area contributed by atoms with Crippen LogP contribution >= 0.6 is 0 Å². The Balaban J connectivity index is 0. The second kappa shape index (κ2) is 12.5. The second-order valence-electron chi connectivity index (χ2n) is 1.76. The molecule has 0 aromatic carbocycles. The van der Waals surface area contributed by atoms with Crippen LogP contribution in [0.2, 0.25) is 0 Å². The van der Waals surface area contributed by atoms with E-state index >= 15 is 0 Å². The van der Waals surface area contributed by atoms with Crippen molar-refractivity contribution in [1.82, 2.24) is 0 Å². The molecule has 0 rings (SSSR count). The summed E-state index contributed by atoms with van der Waals surface area (Å²) in [6.07, 6.45) is -0.0648. The molecule has 0 aromatic rings. The van der Waals surface area contributed by atoms with Crippen molar-refractivity contribution in [2.75, 3.05) is 34.5 Å². The Hall–Kier alpha value is -0.160. The first kappa shape index (κ1) is 13.4. The third-order valence-corrected chi connectivity index (χ3v) is 0.959. The van der Waals surface area contributed by atoms with E-state index < -0.39 is 0 Å². The molecule has 1 N–H and O–H groups in total. The number of hydrogen-bond donors (Lipinski definition) is 1. The van der Waals surface area contributed by atoms with Crippen LogP contribution < -0.4 is 0 Å². The zero-order valence-corrected chi connectivity index (χ0v) is 7.66. The van der Waals surface area contributed by atoms with Crippen LogP contribution in [0, 0.1) is 0 Å². The largest absolute Gasteiger partial charge is 0.394 e. The van der Waals surface area contributed by atoms with E-state index in [2.05, 4.69) is 14.2 Å². The van der Waals surface area contributed by atoms with E-state index in [1.807, 2.05) is 6.92 Å². The highest BCUT2D eigenvalue weighted by Crippen LogP contribution is 1.82. The van der Waals surface area contributed by atoms with Crippen molar-refractivity contribution in [1.29, 1.82) is 0 Å². The Morgan fingerprint density at radius 3 is 1.64 bits per heavy atom. The van der Waals surface area contributed by atoms with Crippen LogP contribution in [-0.4, -0.2) is 45.9 Å². The van der Waals surface area contributed by atoms with Crippen molar-refractivity contribution < 1.29 is 19.3 Å². The van der Waals surface area contributed by atoms with Gasteiger partial charge in [-0.05, 0) is 6.92 Å². The van der Waals surface area contributed by atoms with Gasteiger partial charge in [0.05, 0.1) is 13.2 Å². The summed E-state index contributed by atoms with van der Waals surface area (Å²) in [5.41, 5.74) is 0. The van der Waals surface area contributed by atoms with Crippen molar-refractivity contribution in [3.8, 4) is 0 Å². The van der Waals surface area contributed by atoms with E-state index in [4.69, 9.17) is 5.11 Å². The predicted octanol–water partition coefficient (Wildman–Crippen LogP) is 0.250. The van der Waals surface area contributed by atoms with Crippen LogP contribution in [0.5, 0.6) is 0 Å². The maximum absolute atomic E-state index is 7.94. The molecule has 0 aliphatic rings. The molecule has 0 spiro atoms. The molecule has 70 valence electrons. The molecular weight excluding hydrogens is 148 g/mol. The highest BCUT2D eigenvalue weighted by atomic mass is 16.7.